The molecule has 0 bridgehead atoms. The number of rotatable bonds is 5. The summed E-state index contributed by atoms with van der Waals surface area (Å²) >= 11 is 0. The van der Waals surface area contributed by atoms with Gasteiger partial charge in [0, 0.05) is 59.7 Å². The summed E-state index contributed by atoms with van der Waals surface area (Å²) in [7, 11) is 1.61. The molecule has 5 N–H and O–H groups in total. The van der Waals surface area contributed by atoms with Gasteiger partial charge in [-0.3, -0.25) is 9.59 Å². The normalized spacial score (nSPS) is 12.4. The van der Waals surface area contributed by atoms with Crippen LogP contribution in [0.1, 0.15) is 39.4 Å². The van der Waals surface area contributed by atoms with Gasteiger partial charge in [-0.1, -0.05) is 30.3 Å². The molecular formula is C24H23N3O4. The second kappa shape index (κ2) is 8.02. The lowest BCUT2D eigenvalue weighted by Crippen LogP contribution is -2.30. The molecule has 1 amide bonds. The van der Waals surface area contributed by atoms with Crippen molar-refractivity contribution in [2.75, 3.05) is 25.1 Å². The lowest BCUT2D eigenvalue weighted by Gasteiger charge is -2.30. The molecule has 7 nitrogen and oxygen atoms in total. The van der Waals surface area contributed by atoms with Gasteiger partial charge in [-0.15, -0.1) is 0 Å². The molecule has 0 aliphatic carbocycles. The first-order valence-corrected chi connectivity index (χ1v) is 9.88. The smallest absolute Gasteiger partial charge is 0.305 e. The monoisotopic (exact) mass is 417 g/mol. The van der Waals surface area contributed by atoms with E-state index in [9.17, 15) is 9.59 Å². The number of anilines is 2. The molecule has 1 aliphatic rings. The Morgan fingerprint density at radius 2 is 1.52 bits per heavy atom. The van der Waals surface area contributed by atoms with E-state index < -0.39 is 5.97 Å². The molecule has 0 saturated heterocycles. The van der Waals surface area contributed by atoms with E-state index in [1.54, 1.807) is 43.4 Å². The Kier molecular flexibility index (Phi) is 5.25. The maximum Gasteiger partial charge on any atom is 0.305 e. The number of hydrogen-bond acceptors (Lipinski definition) is 5. The first kappa shape index (κ1) is 20.3. The van der Waals surface area contributed by atoms with Crippen LogP contribution in [0.25, 0.3) is 0 Å². The molecule has 4 rings (SSSR count). The van der Waals surface area contributed by atoms with Crippen LogP contribution >= 0.6 is 0 Å². The molecular weight excluding hydrogens is 394 g/mol. The number of amides is 1. The molecule has 31 heavy (non-hydrogen) atoms. The van der Waals surface area contributed by atoms with Crippen LogP contribution in [0, 0.1) is 0 Å². The summed E-state index contributed by atoms with van der Waals surface area (Å²) in [6, 6.07) is 18.3. The standard InChI is InChI=1S/C24H23N3O4/c1-27(11-10-22(28)29)24(30)17-5-3-2-4-16(17)23-18-8-6-14(25)12-20(18)31-21-13-15(26)7-9-19(21)23/h2-9,12-13,23H,10-11,25-26H2,1H3,(H,28,29). The van der Waals surface area contributed by atoms with Gasteiger partial charge < -0.3 is 26.2 Å². The molecule has 0 saturated carbocycles. The van der Waals surface area contributed by atoms with Gasteiger partial charge in [-0.05, 0) is 23.8 Å². The zero-order chi connectivity index (χ0) is 22.1. The fraction of sp³-hybridized carbons (Fsp3) is 0.167. The molecule has 0 aromatic heterocycles. The number of aliphatic carboxylic acids is 1. The van der Waals surface area contributed by atoms with E-state index in [0.717, 1.165) is 16.7 Å². The fourth-order valence-electron chi connectivity index (χ4n) is 3.89. The zero-order valence-electron chi connectivity index (χ0n) is 17.0. The van der Waals surface area contributed by atoms with Gasteiger partial charge >= 0.3 is 5.97 Å². The van der Waals surface area contributed by atoms with Gasteiger partial charge in [-0.2, -0.15) is 0 Å². The number of hydrogen-bond donors (Lipinski definition) is 3. The Morgan fingerprint density at radius 3 is 2.10 bits per heavy atom. The lowest BCUT2D eigenvalue weighted by atomic mass is 9.80. The number of carboxylic acids is 1. The van der Waals surface area contributed by atoms with E-state index in [-0.39, 0.29) is 24.8 Å². The number of benzene rings is 3. The predicted molar refractivity (Wildman–Crippen MR) is 118 cm³/mol. The Balaban J connectivity index is 1.84. The zero-order valence-corrected chi connectivity index (χ0v) is 17.0. The van der Waals surface area contributed by atoms with Crippen LogP contribution in [0.15, 0.2) is 60.7 Å². The first-order chi connectivity index (χ1) is 14.8. The maximum atomic E-state index is 13.2. The van der Waals surface area contributed by atoms with E-state index in [2.05, 4.69) is 0 Å². The van der Waals surface area contributed by atoms with Crippen molar-refractivity contribution < 1.29 is 19.4 Å². The van der Waals surface area contributed by atoms with Crippen LogP contribution in [0.3, 0.4) is 0 Å². The van der Waals surface area contributed by atoms with Crippen molar-refractivity contribution in [1.29, 1.82) is 0 Å². The third kappa shape index (κ3) is 3.90. The van der Waals surface area contributed by atoms with Crippen LogP contribution in [0.2, 0.25) is 0 Å². The Morgan fingerprint density at radius 1 is 0.935 bits per heavy atom. The number of nitrogen functional groups attached to an aromatic ring is 2. The van der Waals surface area contributed by atoms with Crippen molar-refractivity contribution in [2.45, 2.75) is 12.3 Å². The number of nitrogens with zero attached hydrogens (tertiary/aromatic N) is 1. The quantitative estimate of drug-likeness (QED) is 0.426. The van der Waals surface area contributed by atoms with Gasteiger partial charge in [0.2, 0.25) is 0 Å². The van der Waals surface area contributed by atoms with E-state index in [1.807, 2.05) is 24.3 Å². The third-order valence-corrected chi connectivity index (χ3v) is 5.43. The predicted octanol–water partition coefficient (Wildman–Crippen LogP) is 3.68. The largest absolute Gasteiger partial charge is 0.481 e. The van der Waals surface area contributed by atoms with Crippen molar-refractivity contribution in [2.24, 2.45) is 0 Å². The molecule has 0 spiro atoms. The van der Waals surface area contributed by atoms with Gasteiger partial charge in [0.1, 0.15) is 11.5 Å². The maximum absolute atomic E-state index is 13.2. The molecule has 0 atom stereocenters. The number of nitrogens with two attached hydrogens (primary N) is 2. The third-order valence-electron chi connectivity index (χ3n) is 5.43. The van der Waals surface area contributed by atoms with Gasteiger partial charge in [0.15, 0.2) is 0 Å². The average molecular weight is 417 g/mol. The summed E-state index contributed by atoms with van der Waals surface area (Å²) in [5, 5.41) is 8.96. The molecule has 1 aliphatic heterocycles. The highest BCUT2D eigenvalue weighted by Crippen LogP contribution is 2.49. The van der Waals surface area contributed by atoms with Crippen LogP contribution < -0.4 is 16.2 Å². The van der Waals surface area contributed by atoms with Crippen molar-refractivity contribution in [1.82, 2.24) is 4.90 Å². The molecule has 1 heterocycles. The summed E-state index contributed by atoms with van der Waals surface area (Å²) in [5.74, 6) is -0.227. The molecule has 158 valence electrons. The highest BCUT2D eigenvalue weighted by atomic mass is 16.5. The topological polar surface area (TPSA) is 119 Å². The SMILES string of the molecule is CN(CCC(=O)O)C(=O)c1ccccc1C1c2ccc(N)cc2Oc2cc(N)ccc21. The van der Waals surface area contributed by atoms with Crippen LogP contribution in [0.5, 0.6) is 11.5 Å². The summed E-state index contributed by atoms with van der Waals surface area (Å²) < 4.78 is 6.08. The molecule has 0 fully saturated rings. The van der Waals surface area contributed by atoms with Crippen molar-refractivity contribution in [3.05, 3.63) is 82.9 Å². The van der Waals surface area contributed by atoms with Crippen LogP contribution in [0.4, 0.5) is 11.4 Å². The number of carboxylic acid groups (broad SMARTS) is 1. The van der Waals surface area contributed by atoms with Crippen molar-refractivity contribution in [3.63, 3.8) is 0 Å². The second-order valence-electron chi connectivity index (χ2n) is 7.59. The Labute approximate surface area is 179 Å². The first-order valence-electron chi connectivity index (χ1n) is 9.88. The lowest BCUT2D eigenvalue weighted by molar-refractivity contribution is -0.137. The highest BCUT2D eigenvalue weighted by molar-refractivity contribution is 5.96. The average Bonchev–Trinajstić information content (AvgIpc) is 2.75. The van der Waals surface area contributed by atoms with Crippen LogP contribution in [-0.2, 0) is 4.79 Å². The van der Waals surface area contributed by atoms with E-state index in [0.29, 0.717) is 28.4 Å². The summed E-state index contributed by atoms with van der Waals surface area (Å²) in [4.78, 5) is 25.6. The minimum Gasteiger partial charge on any atom is -0.481 e. The van der Waals surface area contributed by atoms with E-state index in [1.165, 1.54) is 4.90 Å². The molecule has 0 radical (unpaired) electrons. The van der Waals surface area contributed by atoms with Gasteiger partial charge in [-0.25, -0.2) is 0 Å². The van der Waals surface area contributed by atoms with E-state index >= 15 is 0 Å². The molecule has 3 aromatic carbocycles. The van der Waals surface area contributed by atoms with Crippen LogP contribution in [-0.4, -0.2) is 35.5 Å². The Hall–Kier alpha value is -4.00. The van der Waals surface area contributed by atoms with E-state index in [4.69, 9.17) is 21.3 Å². The minimum absolute atomic E-state index is 0.119. The summed E-state index contributed by atoms with van der Waals surface area (Å²) in [5.41, 5.74) is 16.2. The van der Waals surface area contributed by atoms with Gasteiger partial charge in [0.05, 0.1) is 6.42 Å². The summed E-state index contributed by atoms with van der Waals surface area (Å²) in [6.45, 7) is 0.122. The highest BCUT2D eigenvalue weighted by Gasteiger charge is 2.32. The molecule has 3 aromatic rings. The van der Waals surface area contributed by atoms with Crippen molar-refractivity contribution in [3.8, 4) is 11.5 Å². The number of fused-ring (bicyclic) bond motifs is 2. The summed E-state index contributed by atoms with van der Waals surface area (Å²) in [6.07, 6.45) is -0.119. The minimum atomic E-state index is -0.949. The number of ether oxygens (including phenoxy) is 1. The second-order valence-corrected chi connectivity index (χ2v) is 7.59. The number of carbonyl (C=O) groups excluding carboxylic acids is 1. The Bertz CT molecular complexity index is 1120. The van der Waals surface area contributed by atoms with Crippen molar-refractivity contribution >= 4 is 23.3 Å². The number of carbonyl (C=O) groups is 2. The fourth-order valence-corrected chi connectivity index (χ4v) is 3.89. The van der Waals surface area contributed by atoms with Gasteiger partial charge in [0.25, 0.3) is 5.91 Å². The molecule has 0 unspecified atom stereocenters. The molecule has 7 heteroatoms.